The van der Waals surface area contributed by atoms with Crippen molar-refractivity contribution in [1.82, 2.24) is 0 Å². The van der Waals surface area contributed by atoms with Crippen LogP contribution >= 0.6 is 11.8 Å². The lowest BCUT2D eigenvalue weighted by molar-refractivity contribution is -0.111. The van der Waals surface area contributed by atoms with Crippen molar-refractivity contribution >= 4 is 22.6 Å². The number of hydrogen-bond donors (Lipinski definition) is 1. The molecule has 3 nitrogen and oxygen atoms in total. The second-order valence-electron chi connectivity index (χ2n) is 4.59. The Kier molecular flexibility index (Phi) is 5.69. The van der Waals surface area contributed by atoms with Gasteiger partial charge in [0.05, 0.1) is 18.8 Å². The largest absolute Gasteiger partial charge is 0.495 e. The molecule has 0 amide bonds. The van der Waals surface area contributed by atoms with E-state index in [1.54, 1.807) is 7.11 Å². The molecule has 0 heterocycles. The number of rotatable bonds is 6. The highest BCUT2D eigenvalue weighted by Gasteiger charge is 2.16. The number of nitrogens with one attached hydrogen (secondary N) is 1. The number of thioether (sulfide) groups is 1. The summed E-state index contributed by atoms with van der Waals surface area (Å²) in [6.07, 6.45) is 2.25. The van der Waals surface area contributed by atoms with Gasteiger partial charge < -0.3 is 10.1 Å². The van der Waals surface area contributed by atoms with E-state index >= 15 is 0 Å². The van der Waals surface area contributed by atoms with Gasteiger partial charge in [-0.05, 0) is 24.0 Å². The minimum absolute atomic E-state index is 0.0672. The zero-order valence-corrected chi connectivity index (χ0v) is 13.0. The van der Waals surface area contributed by atoms with Crippen LogP contribution in [0.2, 0.25) is 0 Å². The first-order valence-electron chi connectivity index (χ1n) is 6.76. The number of anilines is 1. The predicted molar refractivity (Wildman–Crippen MR) is 88.9 cm³/mol. The van der Waals surface area contributed by atoms with Crippen LogP contribution in [0.3, 0.4) is 0 Å². The Labute approximate surface area is 129 Å². The predicted octanol–water partition coefficient (Wildman–Crippen LogP) is 4.13. The van der Waals surface area contributed by atoms with Crippen LogP contribution in [0.1, 0.15) is 18.0 Å². The summed E-state index contributed by atoms with van der Waals surface area (Å²) in [6, 6.07) is 17.7. The van der Waals surface area contributed by atoms with Crippen molar-refractivity contribution < 1.29 is 9.53 Å². The van der Waals surface area contributed by atoms with E-state index in [0.29, 0.717) is 6.42 Å². The Hall–Kier alpha value is -1.94. The molecule has 1 unspecified atom stereocenters. The first kappa shape index (κ1) is 15.4. The first-order chi connectivity index (χ1) is 10.2. The summed E-state index contributed by atoms with van der Waals surface area (Å²) < 4.78 is 5.36. The molecule has 0 aliphatic heterocycles. The lowest BCUT2D eigenvalue weighted by atomic mass is 10.0. The lowest BCUT2D eigenvalue weighted by Crippen LogP contribution is -2.14. The molecule has 0 aliphatic rings. The molecule has 0 radical (unpaired) electrons. The maximum absolute atomic E-state index is 11.8. The standard InChI is InChI=1S/C17H19NO2S/c1-20-16-11-7-6-10-14(16)18-15(12-17(19)21-2)13-8-4-3-5-9-13/h3-11,15,18H,12H2,1-2H3. The normalized spacial score (nSPS) is 11.7. The summed E-state index contributed by atoms with van der Waals surface area (Å²) in [6.45, 7) is 0. The third-order valence-electron chi connectivity index (χ3n) is 3.24. The van der Waals surface area contributed by atoms with Crippen molar-refractivity contribution in [3.63, 3.8) is 0 Å². The number of carbonyl (C=O) groups excluding carboxylic acids is 1. The first-order valence-corrected chi connectivity index (χ1v) is 7.98. The Morgan fingerprint density at radius 2 is 1.81 bits per heavy atom. The van der Waals surface area contributed by atoms with E-state index in [1.165, 1.54) is 11.8 Å². The molecular weight excluding hydrogens is 282 g/mol. The van der Waals surface area contributed by atoms with E-state index in [0.717, 1.165) is 17.0 Å². The summed E-state index contributed by atoms with van der Waals surface area (Å²) in [4.78, 5) is 11.8. The number of ether oxygens (including phenoxy) is 1. The van der Waals surface area contributed by atoms with Gasteiger partial charge >= 0.3 is 0 Å². The highest BCUT2D eigenvalue weighted by atomic mass is 32.2. The van der Waals surface area contributed by atoms with E-state index in [9.17, 15) is 4.79 Å². The minimum Gasteiger partial charge on any atom is -0.495 e. The molecule has 0 aromatic heterocycles. The molecule has 110 valence electrons. The second kappa shape index (κ2) is 7.74. The van der Waals surface area contributed by atoms with Crippen LogP contribution in [0.4, 0.5) is 5.69 Å². The van der Waals surface area contributed by atoms with Gasteiger partial charge in [-0.2, -0.15) is 0 Å². The molecule has 0 fully saturated rings. The summed E-state index contributed by atoms with van der Waals surface area (Å²) in [5, 5.41) is 3.58. The highest BCUT2D eigenvalue weighted by Crippen LogP contribution is 2.30. The van der Waals surface area contributed by atoms with Crippen LogP contribution in [0.25, 0.3) is 0 Å². The summed E-state index contributed by atoms with van der Waals surface area (Å²) in [5.74, 6) is 0.773. The molecule has 21 heavy (non-hydrogen) atoms. The maximum atomic E-state index is 11.8. The Balaban J connectivity index is 2.25. The second-order valence-corrected chi connectivity index (χ2v) is 5.45. The molecular formula is C17H19NO2S. The highest BCUT2D eigenvalue weighted by molar-refractivity contribution is 8.13. The van der Waals surface area contributed by atoms with Gasteiger partial charge in [0.15, 0.2) is 5.12 Å². The van der Waals surface area contributed by atoms with Crippen molar-refractivity contribution in [3.05, 3.63) is 60.2 Å². The van der Waals surface area contributed by atoms with Gasteiger partial charge in [0, 0.05) is 6.42 Å². The SMILES string of the molecule is COc1ccccc1NC(CC(=O)SC)c1ccccc1. The molecule has 1 N–H and O–H groups in total. The average Bonchev–Trinajstić information content (AvgIpc) is 2.55. The topological polar surface area (TPSA) is 38.3 Å². The van der Waals surface area contributed by atoms with Crippen LogP contribution in [-0.2, 0) is 4.79 Å². The number of hydrogen-bond acceptors (Lipinski definition) is 4. The number of para-hydroxylation sites is 2. The Bertz CT molecular complexity index is 586. The summed E-state index contributed by atoms with van der Waals surface area (Å²) >= 11 is 1.26. The fraction of sp³-hybridized carbons (Fsp3) is 0.235. The van der Waals surface area contributed by atoms with Gasteiger partial charge in [-0.15, -0.1) is 0 Å². The van der Waals surface area contributed by atoms with Crippen LogP contribution in [0.5, 0.6) is 5.75 Å². The Morgan fingerprint density at radius 3 is 2.48 bits per heavy atom. The zero-order valence-electron chi connectivity index (χ0n) is 12.2. The third-order valence-corrected chi connectivity index (χ3v) is 3.86. The van der Waals surface area contributed by atoms with Crippen molar-refractivity contribution in [3.8, 4) is 5.75 Å². The van der Waals surface area contributed by atoms with Gasteiger partial charge in [0.2, 0.25) is 0 Å². The molecule has 0 aliphatic carbocycles. The molecule has 0 saturated carbocycles. The van der Waals surface area contributed by atoms with E-state index in [-0.39, 0.29) is 11.2 Å². The van der Waals surface area contributed by atoms with Gasteiger partial charge in [-0.3, -0.25) is 4.79 Å². The fourth-order valence-corrected chi connectivity index (χ4v) is 2.47. The molecule has 1 atom stereocenters. The number of carbonyl (C=O) groups is 1. The molecule has 0 bridgehead atoms. The van der Waals surface area contributed by atoms with Crippen molar-refractivity contribution in [1.29, 1.82) is 0 Å². The number of benzene rings is 2. The van der Waals surface area contributed by atoms with Crippen LogP contribution in [0, 0.1) is 0 Å². The van der Waals surface area contributed by atoms with Crippen LogP contribution in [-0.4, -0.2) is 18.5 Å². The molecule has 4 heteroatoms. The summed E-state index contributed by atoms with van der Waals surface area (Å²) in [7, 11) is 1.64. The average molecular weight is 301 g/mol. The molecule has 2 aromatic rings. The quantitative estimate of drug-likeness (QED) is 0.870. The molecule has 0 spiro atoms. The van der Waals surface area contributed by atoms with Gasteiger partial charge in [0.25, 0.3) is 0 Å². The summed E-state index contributed by atoms with van der Waals surface area (Å²) in [5.41, 5.74) is 1.98. The van der Waals surface area contributed by atoms with E-state index < -0.39 is 0 Å². The van der Waals surface area contributed by atoms with Gasteiger partial charge in [0.1, 0.15) is 5.75 Å². The number of methoxy groups -OCH3 is 1. The van der Waals surface area contributed by atoms with Crippen LogP contribution < -0.4 is 10.1 Å². The van der Waals surface area contributed by atoms with Crippen molar-refractivity contribution in [2.24, 2.45) is 0 Å². The van der Waals surface area contributed by atoms with Crippen LogP contribution in [0.15, 0.2) is 54.6 Å². The Morgan fingerprint density at radius 1 is 1.14 bits per heavy atom. The van der Waals surface area contributed by atoms with Gasteiger partial charge in [-0.25, -0.2) is 0 Å². The third kappa shape index (κ3) is 4.26. The zero-order chi connectivity index (χ0) is 15.1. The van der Waals surface area contributed by atoms with Crippen molar-refractivity contribution in [2.75, 3.05) is 18.7 Å². The fourth-order valence-electron chi connectivity index (χ4n) is 2.14. The smallest absolute Gasteiger partial charge is 0.191 e. The monoisotopic (exact) mass is 301 g/mol. The van der Waals surface area contributed by atoms with E-state index in [4.69, 9.17) is 4.74 Å². The van der Waals surface area contributed by atoms with E-state index in [2.05, 4.69) is 5.32 Å². The molecule has 2 aromatic carbocycles. The van der Waals surface area contributed by atoms with Crippen molar-refractivity contribution in [2.45, 2.75) is 12.5 Å². The molecule has 2 rings (SSSR count). The van der Waals surface area contributed by atoms with E-state index in [1.807, 2.05) is 60.9 Å². The minimum atomic E-state index is -0.0672. The maximum Gasteiger partial charge on any atom is 0.191 e. The van der Waals surface area contributed by atoms with Gasteiger partial charge in [-0.1, -0.05) is 54.2 Å². The molecule has 0 saturated heterocycles. The lowest BCUT2D eigenvalue weighted by Gasteiger charge is -2.21.